The molecule has 0 bridgehead atoms. The van der Waals surface area contributed by atoms with Crippen molar-refractivity contribution in [1.29, 1.82) is 0 Å². The summed E-state index contributed by atoms with van der Waals surface area (Å²) >= 11 is 7.87. The van der Waals surface area contributed by atoms with Gasteiger partial charge in [0, 0.05) is 31.3 Å². The van der Waals surface area contributed by atoms with Crippen LogP contribution < -0.4 is 10.6 Å². The number of nitrogens with one attached hydrogen (secondary N) is 2. The van der Waals surface area contributed by atoms with E-state index >= 15 is 0 Å². The summed E-state index contributed by atoms with van der Waals surface area (Å²) in [6.07, 6.45) is 0. The Morgan fingerprint density at radius 3 is 2.75 bits per heavy atom. The van der Waals surface area contributed by atoms with Gasteiger partial charge >= 0.3 is 0 Å². The average Bonchev–Trinajstić information content (AvgIpc) is 2.39. The molecule has 0 radical (unpaired) electrons. The third kappa shape index (κ3) is 4.77. The molecule has 7 heteroatoms. The lowest BCUT2D eigenvalue weighted by Crippen LogP contribution is -2.22. The van der Waals surface area contributed by atoms with Crippen LogP contribution in [0.1, 0.15) is 5.56 Å². The van der Waals surface area contributed by atoms with E-state index in [0.717, 1.165) is 15.8 Å². The van der Waals surface area contributed by atoms with Crippen LogP contribution in [-0.4, -0.2) is 28.2 Å². The number of rotatable bonds is 6. The highest BCUT2D eigenvalue weighted by Crippen LogP contribution is 2.14. The molecule has 1 aromatic carbocycles. The minimum Gasteiger partial charge on any atom is -0.508 e. The van der Waals surface area contributed by atoms with Crippen LogP contribution in [-0.2, 0) is 6.54 Å². The zero-order valence-electron chi connectivity index (χ0n) is 10.6. The van der Waals surface area contributed by atoms with Gasteiger partial charge in [0.05, 0.1) is 0 Å². The van der Waals surface area contributed by atoms with Crippen molar-refractivity contribution in [3.63, 3.8) is 0 Å². The number of hydrogen-bond acceptors (Lipinski definition) is 5. The standard InChI is InChI=1S/C13H14ClIN4O/c14-13-18-11(15)7-12(19-13)17-6-5-16-8-9-3-1-2-4-10(9)20/h1-4,7,16,20H,5-6,8H2,(H,17,18,19). The number of aromatic hydroxyl groups is 1. The third-order valence-electron chi connectivity index (χ3n) is 2.58. The molecule has 0 unspecified atom stereocenters. The summed E-state index contributed by atoms with van der Waals surface area (Å²) in [5.41, 5.74) is 0.882. The van der Waals surface area contributed by atoms with Crippen LogP contribution in [0.2, 0.25) is 5.28 Å². The lowest BCUT2D eigenvalue weighted by molar-refractivity contribution is 0.465. The maximum atomic E-state index is 9.62. The molecule has 20 heavy (non-hydrogen) atoms. The van der Waals surface area contributed by atoms with Crippen LogP contribution in [0.25, 0.3) is 0 Å². The molecule has 106 valence electrons. The predicted molar refractivity (Wildman–Crippen MR) is 88.1 cm³/mol. The molecule has 0 spiro atoms. The summed E-state index contributed by atoms with van der Waals surface area (Å²) in [6, 6.07) is 9.11. The van der Waals surface area contributed by atoms with Gasteiger partial charge in [-0.3, -0.25) is 0 Å². The highest BCUT2D eigenvalue weighted by atomic mass is 127. The van der Waals surface area contributed by atoms with Gasteiger partial charge in [-0.15, -0.1) is 0 Å². The van der Waals surface area contributed by atoms with E-state index < -0.39 is 0 Å². The number of anilines is 1. The van der Waals surface area contributed by atoms with E-state index in [0.29, 0.717) is 24.7 Å². The zero-order valence-corrected chi connectivity index (χ0v) is 13.5. The average molecular weight is 405 g/mol. The molecule has 0 saturated heterocycles. The first kappa shape index (κ1) is 15.3. The van der Waals surface area contributed by atoms with E-state index in [-0.39, 0.29) is 5.28 Å². The summed E-state index contributed by atoms with van der Waals surface area (Å²) in [6.45, 7) is 2.07. The van der Waals surface area contributed by atoms with Crippen LogP contribution in [0.4, 0.5) is 5.82 Å². The number of phenolic OH excluding ortho intramolecular Hbond substituents is 1. The SMILES string of the molecule is Oc1ccccc1CNCCNc1cc(I)nc(Cl)n1. The summed E-state index contributed by atoms with van der Waals surface area (Å²) < 4.78 is 0.798. The smallest absolute Gasteiger partial charge is 0.225 e. The molecular weight excluding hydrogens is 391 g/mol. The van der Waals surface area contributed by atoms with E-state index in [1.165, 1.54) is 0 Å². The van der Waals surface area contributed by atoms with Gasteiger partial charge in [-0.2, -0.15) is 0 Å². The Kier molecular flexibility index (Phi) is 5.81. The van der Waals surface area contributed by atoms with Crippen LogP contribution in [0.15, 0.2) is 30.3 Å². The minimum atomic E-state index is 0.238. The third-order valence-corrected chi connectivity index (χ3v) is 3.30. The molecule has 0 aliphatic carbocycles. The summed E-state index contributed by atoms with van der Waals surface area (Å²) in [7, 11) is 0. The summed E-state index contributed by atoms with van der Waals surface area (Å²) in [4.78, 5) is 8.06. The molecule has 0 aliphatic heterocycles. The van der Waals surface area contributed by atoms with E-state index in [1.807, 2.05) is 18.2 Å². The predicted octanol–water partition coefficient (Wildman–Crippen LogP) is 2.64. The molecule has 2 aromatic rings. The number of aromatic nitrogens is 2. The lowest BCUT2D eigenvalue weighted by atomic mass is 10.2. The van der Waals surface area contributed by atoms with Crippen LogP contribution in [0.3, 0.4) is 0 Å². The highest BCUT2D eigenvalue weighted by Gasteiger charge is 2.01. The molecule has 0 atom stereocenters. The number of hydrogen-bond donors (Lipinski definition) is 3. The van der Waals surface area contributed by atoms with Gasteiger partial charge in [0.15, 0.2) is 0 Å². The molecule has 3 N–H and O–H groups in total. The molecule has 2 rings (SSSR count). The Labute approximate surface area is 135 Å². The Morgan fingerprint density at radius 1 is 1.20 bits per heavy atom. The van der Waals surface area contributed by atoms with Crippen molar-refractivity contribution in [1.82, 2.24) is 15.3 Å². The molecule has 1 heterocycles. The fraction of sp³-hybridized carbons (Fsp3) is 0.231. The lowest BCUT2D eigenvalue weighted by Gasteiger charge is -2.08. The normalized spacial score (nSPS) is 10.5. The van der Waals surface area contributed by atoms with Crippen LogP contribution >= 0.6 is 34.2 Å². The Hall–Kier alpha value is -1.12. The zero-order chi connectivity index (χ0) is 14.4. The Balaban J connectivity index is 1.73. The molecule has 0 saturated carbocycles. The number of phenols is 1. The number of benzene rings is 1. The minimum absolute atomic E-state index is 0.238. The van der Waals surface area contributed by atoms with Crippen molar-refractivity contribution in [3.8, 4) is 5.75 Å². The molecule has 1 aromatic heterocycles. The van der Waals surface area contributed by atoms with Crippen molar-refractivity contribution >= 4 is 40.0 Å². The second-order valence-electron chi connectivity index (χ2n) is 4.08. The maximum Gasteiger partial charge on any atom is 0.225 e. The molecular formula is C13H14ClIN4O. The van der Waals surface area contributed by atoms with Crippen molar-refractivity contribution in [2.75, 3.05) is 18.4 Å². The Bertz CT molecular complexity index is 562. The number of halogens is 2. The van der Waals surface area contributed by atoms with Crippen LogP contribution in [0.5, 0.6) is 5.75 Å². The van der Waals surface area contributed by atoms with Crippen molar-refractivity contribution in [3.05, 3.63) is 44.9 Å². The first-order chi connectivity index (χ1) is 9.65. The summed E-state index contributed by atoms with van der Waals surface area (Å²) in [5.74, 6) is 1.02. The van der Waals surface area contributed by atoms with Gasteiger partial charge in [0.25, 0.3) is 0 Å². The number of para-hydroxylation sites is 1. The first-order valence-electron chi connectivity index (χ1n) is 6.06. The fourth-order valence-electron chi connectivity index (χ4n) is 1.64. The molecule has 5 nitrogen and oxygen atoms in total. The van der Waals surface area contributed by atoms with Gasteiger partial charge < -0.3 is 15.7 Å². The largest absolute Gasteiger partial charge is 0.508 e. The summed E-state index contributed by atoms with van der Waals surface area (Å²) in [5, 5.41) is 16.3. The van der Waals surface area contributed by atoms with Gasteiger partial charge in [-0.1, -0.05) is 18.2 Å². The first-order valence-corrected chi connectivity index (χ1v) is 7.52. The van der Waals surface area contributed by atoms with Crippen molar-refractivity contribution in [2.24, 2.45) is 0 Å². The topological polar surface area (TPSA) is 70.1 Å². The fourth-order valence-corrected chi connectivity index (χ4v) is 2.49. The van der Waals surface area contributed by atoms with E-state index in [4.69, 9.17) is 11.6 Å². The second-order valence-corrected chi connectivity index (χ2v) is 5.52. The van der Waals surface area contributed by atoms with Gasteiger partial charge in [-0.25, -0.2) is 9.97 Å². The number of nitrogens with zero attached hydrogens (tertiary/aromatic N) is 2. The van der Waals surface area contributed by atoms with E-state index in [1.54, 1.807) is 12.1 Å². The van der Waals surface area contributed by atoms with Crippen molar-refractivity contribution in [2.45, 2.75) is 6.54 Å². The molecule has 0 amide bonds. The van der Waals surface area contributed by atoms with E-state index in [9.17, 15) is 5.11 Å². The van der Waals surface area contributed by atoms with Crippen LogP contribution in [0, 0.1) is 3.70 Å². The maximum absolute atomic E-state index is 9.62. The van der Waals surface area contributed by atoms with Crippen molar-refractivity contribution < 1.29 is 5.11 Å². The quantitative estimate of drug-likeness (QED) is 0.299. The monoisotopic (exact) mass is 404 g/mol. The Morgan fingerprint density at radius 2 is 2.00 bits per heavy atom. The molecule has 0 fully saturated rings. The van der Waals surface area contributed by atoms with Gasteiger partial charge in [-0.05, 0) is 40.3 Å². The van der Waals surface area contributed by atoms with Gasteiger partial charge in [0.1, 0.15) is 15.3 Å². The second kappa shape index (κ2) is 7.61. The molecule has 0 aliphatic rings. The van der Waals surface area contributed by atoms with Gasteiger partial charge in [0.2, 0.25) is 5.28 Å². The highest BCUT2D eigenvalue weighted by molar-refractivity contribution is 14.1. The van der Waals surface area contributed by atoms with E-state index in [2.05, 4.69) is 43.2 Å².